The third-order valence-corrected chi connectivity index (χ3v) is 9.21. The van der Waals surface area contributed by atoms with E-state index >= 15 is 0 Å². The summed E-state index contributed by atoms with van der Waals surface area (Å²) in [6.45, 7) is 2.32. The minimum absolute atomic E-state index is 0.202. The molecule has 2 fully saturated rings. The van der Waals surface area contributed by atoms with Crippen molar-refractivity contribution in [3.63, 3.8) is 0 Å². The smallest absolute Gasteiger partial charge is 0.142 e. The molecule has 2 aliphatic rings. The summed E-state index contributed by atoms with van der Waals surface area (Å²) in [4.78, 5) is 0. The van der Waals surface area contributed by atoms with Crippen molar-refractivity contribution < 1.29 is 4.39 Å². The van der Waals surface area contributed by atoms with Crippen LogP contribution >= 0.6 is 11.6 Å². The van der Waals surface area contributed by atoms with E-state index in [1.165, 1.54) is 94.6 Å². The number of unbranched alkanes of at least 4 members (excludes halogenated alkanes) is 1. The summed E-state index contributed by atoms with van der Waals surface area (Å²) in [5, 5.41) is 0.202. The number of halogens is 2. The van der Waals surface area contributed by atoms with Crippen LogP contribution in [0.2, 0.25) is 5.02 Å². The largest absolute Gasteiger partial charge is 0.205 e. The lowest BCUT2D eigenvalue weighted by molar-refractivity contribution is 0.222. The second kappa shape index (κ2) is 13.1. The molecule has 2 aromatic carbocycles. The number of hydrogen-bond donors (Lipinski definition) is 0. The third kappa shape index (κ3) is 7.58. The molecule has 0 heterocycles. The molecule has 0 nitrogen and oxygen atoms in total. The highest BCUT2D eigenvalue weighted by molar-refractivity contribution is 6.30. The Morgan fingerprint density at radius 1 is 0.706 bits per heavy atom. The van der Waals surface area contributed by atoms with Crippen LogP contribution in [0.4, 0.5) is 4.39 Å². The molecule has 0 radical (unpaired) electrons. The van der Waals surface area contributed by atoms with Gasteiger partial charge in [0, 0.05) is 0 Å². The fraction of sp³-hybridized carbons (Fsp3) is 0.625. The summed E-state index contributed by atoms with van der Waals surface area (Å²) in [7, 11) is 0. The minimum Gasteiger partial charge on any atom is -0.205 e. The van der Waals surface area contributed by atoms with Gasteiger partial charge in [-0.3, -0.25) is 0 Å². The Morgan fingerprint density at radius 2 is 1.24 bits per heavy atom. The molecule has 186 valence electrons. The van der Waals surface area contributed by atoms with Crippen molar-refractivity contribution in [2.24, 2.45) is 17.8 Å². The van der Waals surface area contributed by atoms with Crippen LogP contribution in [0.25, 0.3) is 0 Å². The fourth-order valence-electron chi connectivity index (χ4n) is 6.50. The standard InChI is InChI=1S/C32H44ClF/c1-2-3-4-24-5-7-25(8-6-24)9-10-26-13-18-29(19-14-26)30-20-15-27(16-21-30)11-12-28-17-22-31(33)32(34)23-28/h15-17,20-26,29H,2-14,18-19H2,1H3/t24-,25-,26?,29?. The molecule has 0 aromatic heterocycles. The molecule has 0 N–H and O–H groups in total. The molecule has 2 heteroatoms. The zero-order valence-electron chi connectivity index (χ0n) is 21.2. The van der Waals surface area contributed by atoms with Crippen LogP contribution in [-0.4, -0.2) is 0 Å². The van der Waals surface area contributed by atoms with E-state index in [0.717, 1.165) is 42.1 Å². The van der Waals surface area contributed by atoms with Gasteiger partial charge in [-0.15, -0.1) is 0 Å². The van der Waals surface area contributed by atoms with Gasteiger partial charge in [-0.25, -0.2) is 4.39 Å². The Morgan fingerprint density at radius 3 is 1.82 bits per heavy atom. The first kappa shape index (κ1) is 25.7. The predicted octanol–water partition coefficient (Wildman–Crippen LogP) is 10.3. The van der Waals surface area contributed by atoms with Crippen LogP contribution in [0.5, 0.6) is 0 Å². The maximum absolute atomic E-state index is 13.7. The van der Waals surface area contributed by atoms with Gasteiger partial charge in [-0.05, 0) is 91.0 Å². The van der Waals surface area contributed by atoms with Gasteiger partial charge in [0.25, 0.3) is 0 Å². The van der Waals surface area contributed by atoms with Crippen molar-refractivity contribution in [3.8, 4) is 0 Å². The zero-order chi connectivity index (χ0) is 23.8. The van der Waals surface area contributed by atoms with Crippen LogP contribution in [0.3, 0.4) is 0 Å². The SMILES string of the molecule is CCCC[C@H]1CC[C@H](CCC2CCC(c3ccc(CCc4ccc(Cl)c(F)c4)cc3)CC2)CC1. The van der Waals surface area contributed by atoms with Gasteiger partial charge in [-0.2, -0.15) is 0 Å². The van der Waals surface area contributed by atoms with Crippen LogP contribution in [0.15, 0.2) is 42.5 Å². The maximum atomic E-state index is 13.7. The molecule has 4 rings (SSSR count). The lowest BCUT2D eigenvalue weighted by Gasteiger charge is -2.32. The van der Waals surface area contributed by atoms with E-state index < -0.39 is 0 Å². The van der Waals surface area contributed by atoms with Crippen LogP contribution in [0, 0.1) is 23.6 Å². The van der Waals surface area contributed by atoms with E-state index in [1.54, 1.807) is 12.1 Å². The molecule has 0 unspecified atom stereocenters. The molecular formula is C32H44ClF. The topological polar surface area (TPSA) is 0 Å². The Kier molecular flexibility index (Phi) is 9.92. The normalized spacial score (nSPS) is 25.4. The van der Waals surface area contributed by atoms with E-state index in [4.69, 9.17) is 11.6 Å². The van der Waals surface area contributed by atoms with Crippen LogP contribution in [0.1, 0.15) is 113 Å². The first-order valence-electron chi connectivity index (χ1n) is 14.1. The summed E-state index contributed by atoms with van der Waals surface area (Å²) in [5.74, 6) is 3.45. The lowest BCUT2D eigenvalue weighted by Crippen LogP contribution is -2.17. The summed E-state index contributed by atoms with van der Waals surface area (Å²) < 4.78 is 13.7. The van der Waals surface area contributed by atoms with Crippen molar-refractivity contribution in [3.05, 3.63) is 70.0 Å². The highest BCUT2D eigenvalue weighted by Crippen LogP contribution is 2.40. The quantitative estimate of drug-likeness (QED) is 0.316. The first-order valence-corrected chi connectivity index (χ1v) is 14.5. The molecule has 0 bridgehead atoms. The van der Waals surface area contributed by atoms with Crippen molar-refractivity contribution in [1.29, 1.82) is 0 Å². The summed E-state index contributed by atoms with van der Waals surface area (Å²) in [5.41, 5.74) is 3.86. The monoisotopic (exact) mass is 482 g/mol. The number of aryl methyl sites for hydroxylation is 2. The van der Waals surface area contributed by atoms with Gasteiger partial charge >= 0.3 is 0 Å². The molecule has 0 amide bonds. The number of rotatable bonds is 10. The van der Waals surface area contributed by atoms with E-state index in [-0.39, 0.29) is 10.8 Å². The van der Waals surface area contributed by atoms with Crippen molar-refractivity contribution in [2.75, 3.05) is 0 Å². The van der Waals surface area contributed by atoms with Crippen LogP contribution < -0.4 is 0 Å². The fourth-order valence-corrected chi connectivity index (χ4v) is 6.62. The number of hydrogen-bond acceptors (Lipinski definition) is 0. The Hall–Kier alpha value is -1.34. The molecule has 2 aliphatic carbocycles. The van der Waals surface area contributed by atoms with E-state index in [0.29, 0.717) is 0 Å². The van der Waals surface area contributed by atoms with E-state index in [1.807, 2.05) is 6.07 Å². The zero-order valence-corrected chi connectivity index (χ0v) is 22.0. The number of benzene rings is 2. The predicted molar refractivity (Wildman–Crippen MR) is 144 cm³/mol. The van der Waals surface area contributed by atoms with E-state index in [9.17, 15) is 4.39 Å². The average Bonchev–Trinajstić information content (AvgIpc) is 2.88. The summed E-state index contributed by atoms with van der Waals surface area (Å²) in [6, 6.07) is 14.4. The lowest BCUT2D eigenvalue weighted by atomic mass is 9.74. The molecule has 2 aromatic rings. The summed E-state index contributed by atoms with van der Waals surface area (Å²) >= 11 is 5.79. The first-order chi connectivity index (χ1) is 16.6. The second-order valence-electron chi connectivity index (χ2n) is 11.3. The molecule has 0 spiro atoms. The Bertz CT molecular complexity index is 857. The van der Waals surface area contributed by atoms with Gasteiger partial charge in [0.15, 0.2) is 0 Å². The van der Waals surface area contributed by atoms with Gasteiger partial charge in [-0.1, -0.05) is 107 Å². The Balaban J connectivity index is 1.15. The minimum atomic E-state index is -0.320. The summed E-state index contributed by atoms with van der Waals surface area (Å²) in [6.07, 6.45) is 20.6. The van der Waals surface area contributed by atoms with Gasteiger partial charge in [0.1, 0.15) is 5.82 Å². The molecule has 0 atom stereocenters. The van der Waals surface area contributed by atoms with Gasteiger partial charge in [0.2, 0.25) is 0 Å². The molecule has 0 saturated heterocycles. The molecule has 0 aliphatic heterocycles. The van der Waals surface area contributed by atoms with E-state index in [2.05, 4.69) is 31.2 Å². The van der Waals surface area contributed by atoms with Gasteiger partial charge in [0.05, 0.1) is 5.02 Å². The molecule has 2 saturated carbocycles. The average molecular weight is 483 g/mol. The van der Waals surface area contributed by atoms with Crippen molar-refractivity contribution in [2.45, 2.75) is 109 Å². The Labute approximate surface area is 212 Å². The maximum Gasteiger partial charge on any atom is 0.142 e. The highest BCUT2D eigenvalue weighted by atomic mass is 35.5. The van der Waals surface area contributed by atoms with Gasteiger partial charge < -0.3 is 0 Å². The van der Waals surface area contributed by atoms with Crippen molar-refractivity contribution in [1.82, 2.24) is 0 Å². The molecule has 34 heavy (non-hydrogen) atoms. The van der Waals surface area contributed by atoms with Crippen LogP contribution in [-0.2, 0) is 12.8 Å². The highest BCUT2D eigenvalue weighted by Gasteiger charge is 2.25. The molecular weight excluding hydrogens is 439 g/mol. The third-order valence-electron chi connectivity index (χ3n) is 8.90. The van der Waals surface area contributed by atoms with Crippen molar-refractivity contribution >= 4 is 11.6 Å². The second-order valence-corrected chi connectivity index (χ2v) is 11.7.